The van der Waals surface area contributed by atoms with Crippen LogP contribution in [0, 0.1) is 0 Å². The lowest BCUT2D eigenvalue weighted by Crippen LogP contribution is -2.44. The van der Waals surface area contributed by atoms with Crippen molar-refractivity contribution in [1.82, 2.24) is 24.4 Å². The van der Waals surface area contributed by atoms with Gasteiger partial charge in [-0.2, -0.15) is 0 Å². The minimum absolute atomic E-state index is 0.0949. The highest BCUT2D eigenvalue weighted by Gasteiger charge is 2.40. The van der Waals surface area contributed by atoms with Crippen LogP contribution in [0.3, 0.4) is 0 Å². The number of likely N-dealkylation sites (tertiary alicyclic amines) is 1. The number of hydrogen-bond acceptors (Lipinski definition) is 7. The fraction of sp³-hybridized carbons (Fsp3) is 0.231. The van der Waals surface area contributed by atoms with Crippen LogP contribution in [-0.4, -0.2) is 60.8 Å². The molecule has 1 saturated heterocycles. The third-order valence-corrected chi connectivity index (χ3v) is 6.69. The molecule has 4 aromatic rings. The van der Waals surface area contributed by atoms with E-state index < -0.39 is 24.0 Å². The zero-order valence-electron chi connectivity index (χ0n) is 20.3. The van der Waals surface area contributed by atoms with Crippen molar-refractivity contribution in [3.05, 3.63) is 71.6 Å². The Hall–Kier alpha value is -4.19. The van der Waals surface area contributed by atoms with E-state index in [2.05, 4.69) is 41.5 Å². The summed E-state index contributed by atoms with van der Waals surface area (Å²) in [6, 6.07) is 6.14. The van der Waals surface area contributed by atoms with E-state index in [4.69, 9.17) is 0 Å². The van der Waals surface area contributed by atoms with Gasteiger partial charge in [0.15, 0.2) is 5.78 Å². The molecule has 1 aromatic carbocycles. The van der Waals surface area contributed by atoms with Gasteiger partial charge in [0, 0.05) is 45.4 Å². The van der Waals surface area contributed by atoms with Crippen LogP contribution in [0.4, 0.5) is 21.5 Å². The van der Waals surface area contributed by atoms with E-state index >= 15 is 0 Å². The number of carbonyl (C=O) groups is 3. The second-order valence-corrected chi connectivity index (χ2v) is 9.90. The van der Waals surface area contributed by atoms with Crippen molar-refractivity contribution in [2.75, 3.05) is 17.2 Å². The summed E-state index contributed by atoms with van der Waals surface area (Å²) in [7, 11) is 0. The Kier molecular flexibility index (Phi) is 7.14. The van der Waals surface area contributed by atoms with Gasteiger partial charge in [0.2, 0.25) is 11.8 Å². The monoisotopic (exact) mass is 579 g/mol. The van der Waals surface area contributed by atoms with E-state index in [1.54, 1.807) is 41.5 Å². The largest absolute Gasteiger partial charge is 0.353 e. The number of nitrogens with zero attached hydrogens (tertiary/aromatic N) is 5. The molecule has 0 aliphatic carbocycles. The van der Waals surface area contributed by atoms with Gasteiger partial charge in [0.25, 0.3) is 0 Å². The summed E-state index contributed by atoms with van der Waals surface area (Å²) in [6.45, 7) is 1.12. The minimum atomic E-state index is -1.32. The van der Waals surface area contributed by atoms with Crippen LogP contribution in [0.1, 0.15) is 23.7 Å². The summed E-state index contributed by atoms with van der Waals surface area (Å²) in [5.41, 5.74) is 2.95. The number of nitrogens with one attached hydrogen (secondary N) is 2. The SMILES string of the molecule is CC(=O)c1cn(CC(=O)N2C[C@H](F)C[C@H]2C(=O)Nc2cncc(Br)c2)c2ccc(Nc3cncnc3)cc12. The van der Waals surface area contributed by atoms with Crippen LogP contribution in [0.5, 0.6) is 0 Å². The van der Waals surface area contributed by atoms with Crippen LogP contribution in [0.2, 0.25) is 0 Å². The highest BCUT2D eigenvalue weighted by Crippen LogP contribution is 2.28. The molecule has 194 valence electrons. The zero-order valence-corrected chi connectivity index (χ0v) is 21.9. The van der Waals surface area contributed by atoms with Crippen molar-refractivity contribution in [2.45, 2.75) is 32.1 Å². The molecule has 1 fully saturated rings. The van der Waals surface area contributed by atoms with Crippen molar-refractivity contribution in [1.29, 1.82) is 0 Å². The second kappa shape index (κ2) is 10.7. The minimum Gasteiger partial charge on any atom is -0.353 e. The highest BCUT2D eigenvalue weighted by atomic mass is 79.9. The smallest absolute Gasteiger partial charge is 0.247 e. The Bertz CT molecular complexity index is 1530. The first kappa shape index (κ1) is 25.5. The molecule has 38 heavy (non-hydrogen) atoms. The summed E-state index contributed by atoms with van der Waals surface area (Å²) in [5.74, 6) is -1.07. The first-order valence-electron chi connectivity index (χ1n) is 11.8. The molecule has 0 saturated carbocycles. The van der Waals surface area contributed by atoms with Crippen LogP contribution < -0.4 is 10.6 Å². The van der Waals surface area contributed by atoms with Crippen LogP contribution in [-0.2, 0) is 16.1 Å². The number of amides is 2. The van der Waals surface area contributed by atoms with Gasteiger partial charge in [-0.05, 0) is 47.1 Å². The molecule has 2 amide bonds. The van der Waals surface area contributed by atoms with Gasteiger partial charge in [-0.15, -0.1) is 0 Å². The van der Waals surface area contributed by atoms with Crippen molar-refractivity contribution in [3.8, 4) is 0 Å². The fourth-order valence-corrected chi connectivity index (χ4v) is 4.93. The van der Waals surface area contributed by atoms with Gasteiger partial charge in [0.1, 0.15) is 25.1 Å². The van der Waals surface area contributed by atoms with Gasteiger partial charge < -0.3 is 20.1 Å². The Morgan fingerprint density at radius 2 is 1.82 bits per heavy atom. The molecule has 12 heteroatoms. The maximum atomic E-state index is 14.4. The predicted octanol–water partition coefficient (Wildman–Crippen LogP) is 4.11. The zero-order chi connectivity index (χ0) is 26.8. The third kappa shape index (κ3) is 5.40. The van der Waals surface area contributed by atoms with Crippen LogP contribution >= 0.6 is 15.9 Å². The van der Waals surface area contributed by atoms with Gasteiger partial charge >= 0.3 is 0 Å². The van der Waals surface area contributed by atoms with E-state index in [9.17, 15) is 18.8 Å². The summed E-state index contributed by atoms with van der Waals surface area (Å²) in [6.07, 6.45) is 7.93. The molecule has 2 atom stereocenters. The number of halogens is 2. The molecule has 4 heterocycles. The molecule has 0 unspecified atom stereocenters. The number of hydrogen-bond donors (Lipinski definition) is 2. The maximum absolute atomic E-state index is 14.4. The van der Waals surface area contributed by atoms with E-state index in [1.165, 1.54) is 24.3 Å². The average molecular weight is 580 g/mol. The third-order valence-electron chi connectivity index (χ3n) is 6.26. The molecule has 3 aromatic heterocycles. The molecule has 0 spiro atoms. The molecular formula is C26H23BrFN7O3. The van der Waals surface area contributed by atoms with Gasteiger partial charge in [-0.3, -0.25) is 19.4 Å². The Morgan fingerprint density at radius 1 is 1.05 bits per heavy atom. The van der Waals surface area contributed by atoms with E-state index in [0.717, 1.165) is 5.69 Å². The van der Waals surface area contributed by atoms with Gasteiger partial charge in [-0.25, -0.2) is 14.4 Å². The first-order chi connectivity index (χ1) is 18.3. The molecule has 1 aliphatic heterocycles. The van der Waals surface area contributed by atoms with Crippen molar-refractivity contribution in [2.24, 2.45) is 0 Å². The number of pyridine rings is 1. The number of Topliss-reactive ketones (excluding diaryl/α,β-unsaturated/α-hetero) is 1. The number of alkyl halides is 1. The van der Waals surface area contributed by atoms with Gasteiger partial charge in [-0.1, -0.05) is 0 Å². The lowest BCUT2D eigenvalue weighted by molar-refractivity contribution is -0.137. The highest BCUT2D eigenvalue weighted by molar-refractivity contribution is 9.10. The number of aromatic nitrogens is 4. The van der Waals surface area contributed by atoms with Crippen molar-refractivity contribution in [3.63, 3.8) is 0 Å². The number of fused-ring (bicyclic) bond motifs is 1. The maximum Gasteiger partial charge on any atom is 0.247 e. The summed E-state index contributed by atoms with van der Waals surface area (Å²) < 4.78 is 16.7. The van der Waals surface area contributed by atoms with E-state index in [-0.39, 0.29) is 25.3 Å². The quantitative estimate of drug-likeness (QED) is 0.316. The molecule has 2 N–H and O–H groups in total. The lowest BCUT2D eigenvalue weighted by Gasteiger charge is -2.24. The van der Waals surface area contributed by atoms with E-state index in [1.807, 2.05) is 12.1 Å². The number of ketones is 1. The lowest BCUT2D eigenvalue weighted by atomic mass is 10.1. The normalized spacial score (nSPS) is 17.0. The Morgan fingerprint density at radius 3 is 2.55 bits per heavy atom. The molecule has 5 rings (SSSR count). The topological polar surface area (TPSA) is 122 Å². The summed E-state index contributed by atoms with van der Waals surface area (Å²) in [5, 5.41) is 6.56. The van der Waals surface area contributed by atoms with Crippen LogP contribution in [0.25, 0.3) is 10.9 Å². The van der Waals surface area contributed by atoms with Gasteiger partial charge in [0.05, 0.1) is 36.5 Å². The molecule has 1 aliphatic rings. The summed E-state index contributed by atoms with van der Waals surface area (Å²) >= 11 is 3.30. The number of benzene rings is 1. The number of rotatable bonds is 7. The first-order valence-corrected chi connectivity index (χ1v) is 12.6. The molecule has 0 radical (unpaired) electrons. The van der Waals surface area contributed by atoms with Crippen molar-refractivity contribution < 1.29 is 18.8 Å². The second-order valence-electron chi connectivity index (χ2n) is 8.99. The fourth-order valence-electron chi connectivity index (χ4n) is 4.57. The molecular weight excluding hydrogens is 557 g/mol. The summed E-state index contributed by atoms with van der Waals surface area (Å²) in [4.78, 5) is 51.9. The van der Waals surface area contributed by atoms with Crippen molar-refractivity contribution >= 4 is 61.5 Å². The number of carbonyl (C=O) groups excluding carboxylic acids is 3. The molecule has 0 bridgehead atoms. The Balaban J connectivity index is 1.38. The standard InChI is InChI=1S/C26H23BrFN7O3/c1-15(36)22-12-34(23-3-2-18(6-21(22)23)32-20-9-30-14-31-10-20)13-25(37)35-11-17(28)5-24(35)26(38)33-19-4-16(27)7-29-8-19/h2-4,6-10,12,14,17,24,32H,5,11,13H2,1H3,(H,33,38)/t17-,24+/m1/s1. The molecule has 10 nitrogen and oxygen atoms in total. The van der Waals surface area contributed by atoms with E-state index in [0.29, 0.717) is 32.3 Å². The van der Waals surface area contributed by atoms with Crippen LogP contribution in [0.15, 0.2) is 66.0 Å². The number of anilines is 3. The predicted molar refractivity (Wildman–Crippen MR) is 143 cm³/mol. The Labute approximate surface area is 225 Å². The average Bonchev–Trinajstić information content (AvgIpc) is 3.45.